The highest BCUT2D eigenvalue weighted by atomic mass is 32.2. The zero-order valence-corrected chi connectivity index (χ0v) is 21.4. The number of amides is 1. The molecule has 0 aromatic heterocycles. The fourth-order valence-electron chi connectivity index (χ4n) is 6.11. The average molecular weight is 535 g/mol. The molecule has 0 aliphatic heterocycles. The van der Waals surface area contributed by atoms with E-state index in [1.165, 1.54) is 31.1 Å². The van der Waals surface area contributed by atoms with Crippen LogP contribution in [0.2, 0.25) is 0 Å². The molecule has 3 aliphatic carbocycles. The van der Waals surface area contributed by atoms with Crippen LogP contribution in [0, 0.1) is 11.8 Å². The Labute approximate surface area is 216 Å². The van der Waals surface area contributed by atoms with Gasteiger partial charge >= 0.3 is 0 Å². The van der Waals surface area contributed by atoms with Crippen molar-refractivity contribution in [3.63, 3.8) is 0 Å². The molecule has 200 valence electrons. The van der Waals surface area contributed by atoms with E-state index in [1.807, 2.05) is 6.92 Å². The molecule has 37 heavy (non-hydrogen) atoms. The summed E-state index contributed by atoms with van der Waals surface area (Å²) in [6, 6.07) is 2.95. The lowest BCUT2D eigenvalue weighted by Gasteiger charge is -2.53. The van der Waals surface area contributed by atoms with Gasteiger partial charge in [0.25, 0.3) is 5.91 Å². The number of phenols is 1. The van der Waals surface area contributed by atoms with Gasteiger partial charge in [-0.3, -0.25) is 19.3 Å². The first-order chi connectivity index (χ1) is 17.3. The molecule has 0 fully saturated rings. The zero-order chi connectivity index (χ0) is 27.6. The number of ketones is 2. The van der Waals surface area contributed by atoms with Gasteiger partial charge in [0, 0.05) is 17.4 Å². The minimum absolute atomic E-state index is 0.0455. The molecule has 7 N–H and O–H groups in total. The second-order valence-electron chi connectivity index (χ2n) is 9.92. The monoisotopic (exact) mass is 534 g/mol. The zero-order valence-electron chi connectivity index (χ0n) is 20.5. The number of primary amides is 1. The number of aliphatic hydroxyl groups excluding tert-OH is 3. The van der Waals surface area contributed by atoms with Crippen molar-refractivity contribution in [1.82, 2.24) is 4.90 Å². The predicted molar refractivity (Wildman–Crippen MR) is 132 cm³/mol. The van der Waals surface area contributed by atoms with Crippen molar-refractivity contribution >= 4 is 28.6 Å². The van der Waals surface area contributed by atoms with Crippen molar-refractivity contribution in [2.75, 3.05) is 25.6 Å². The third-order valence-corrected chi connectivity index (χ3v) is 9.19. The van der Waals surface area contributed by atoms with Crippen LogP contribution in [-0.2, 0) is 20.8 Å². The van der Waals surface area contributed by atoms with E-state index in [9.17, 15) is 44.5 Å². The number of carbonyl (C=O) groups excluding carboxylic acids is 3. The molecule has 1 amide bonds. The number of likely N-dealkylation sites (N-methyl/N-ethyl adjacent to an activating group) is 1. The van der Waals surface area contributed by atoms with Gasteiger partial charge in [-0.25, -0.2) is 0 Å². The molecular weight excluding hydrogens is 504 g/mol. The Morgan fingerprint density at radius 2 is 1.86 bits per heavy atom. The molecule has 1 aromatic carbocycles. The lowest BCUT2D eigenvalue weighted by Crippen LogP contribution is -2.68. The number of hydrogen-bond donors (Lipinski definition) is 6. The maximum absolute atomic E-state index is 13.7. The second kappa shape index (κ2) is 9.44. The minimum atomic E-state index is -2.98. The van der Waals surface area contributed by atoms with Gasteiger partial charge in [0.2, 0.25) is 5.78 Å². The van der Waals surface area contributed by atoms with Crippen LogP contribution in [0.15, 0.2) is 40.9 Å². The molecule has 0 spiro atoms. The number of phenolic OH excluding ortho intramolecular Hbond substituents is 1. The van der Waals surface area contributed by atoms with Gasteiger partial charge in [0.05, 0.1) is 23.6 Å². The highest BCUT2D eigenvalue weighted by Gasteiger charge is 2.67. The number of aliphatic hydroxyl groups is 4. The van der Waals surface area contributed by atoms with Crippen LogP contribution >= 0.6 is 0 Å². The van der Waals surface area contributed by atoms with Gasteiger partial charge in [-0.15, -0.1) is 0 Å². The summed E-state index contributed by atoms with van der Waals surface area (Å²) >= 11 is -1.42. The van der Waals surface area contributed by atoms with Crippen molar-refractivity contribution in [3.8, 4) is 5.75 Å². The Kier molecular flexibility index (Phi) is 6.93. The molecule has 0 saturated heterocycles. The van der Waals surface area contributed by atoms with E-state index in [0.29, 0.717) is 17.7 Å². The summed E-state index contributed by atoms with van der Waals surface area (Å²) in [4.78, 5) is 40.5. The van der Waals surface area contributed by atoms with Crippen LogP contribution in [0.1, 0.15) is 35.2 Å². The van der Waals surface area contributed by atoms with Crippen molar-refractivity contribution in [3.05, 3.63) is 52.0 Å². The molecule has 7 atom stereocenters. The first kappa shape index (κ1) is 27.1. The standard InChI is InChI=1S/C25H30N2O9S/c1-4-8-37(36)9-11-10-6-5-7-12(28)13(10)19(29)15-14(11)20(30)17-18(27(2)3)21(31)16(24(26)34)23(33)25(17,35)22(15)32/h5-7,11,14,17-18,20,28,30-32,35H,4,8-9H2,1-3H3,(H2,26,34)/t11-,14-,17-,18+,20+,25+,37+/m1/s1. The Bertz CT molecular complexity index is 1240. The predicted octanol–water partition coefficient (Wildman–Crippen LogP) is -0.209. The number of aromatic hydroxyl groups is 1. The van der Waals surface area contributed by atoms with E-state index in [0.717, 1.165) is 0 Å². The normalized spacial score (nSPS) is 32.2. The molecule has 3 aliphatic rings. The van der Waals surface area contributed by atoms with E-state index in [-0.39, 0.29) is 11.3 Å². The minimum Gasteiger partial charge on any atom is -0.616 e. The van der Waals surface area contributed by atoms with Crippen LogP contribution in [0.25, 0.3) is 0 Å². The summed E-state index contributed by atoms with van der Waals surface area (Å²) < 4.78 is 12.9. The number of benzene rings is 1. The number of hydrogen-bond acceptors (Lipinski definition) is 10. The summed E-state index contributed by atoms with van der Waals surface area (Å²) in [5.74, 6) is -9.48. The highest BCUT2D eigenvalue weighted by molar-refractivity contribution is 7.91. The maximum Gasteiger partial charge on any atom is 0.255 e. The molecule has 0 saturated carbocycles. The number of carbonyl (C=O) groups is 3. The van der Waals surface area contributed by atoms with Crippen molar-refractivity contribution in [2.45, 2.75) is 37.0 Å². The molecule has 0 bridgehead atoms. The topological polar surface area (TPSA) is 205 Å². The van der Waals surface area contributed by atoms with Crippen LogP contribution in [0.5, 0.6) is 5.75 Å². The SMILES string of the molecule is CCC[S@+]([O-])C[C@@H]1c2cccc(O)c2C(=O)C2=C(O)[C@]3(O)C(=O)C(C(N)=O)=C(O)[C@@H](N(C)C)[C@@H]3[C@@H](O)[C@@H]21. The molecule has 0 radical (unpaired) electrons. The molecule has 0 unspecified atom stereocenters. The van der Waals surface area contributed by atoms with Crippen molar-refractivity contribution in [1.29, 1.82) is 0 Å². The van der Waals surface area contributed by atoms with Gasteiger partial charge in [0.1, 0.15) is 34.3 Å². The van der Waals surface area contributed by atoms with E-state index < -0.39 is 92.6 Å². The van der Waals surface area contributed by atoms with Gasteiger partial charge in [-0.1, -0.05) is 30.2 Å². The summed E-state index contributed by atoms with van der Waals surface area (Å²) in [5.41, 5.74) is 0.965. The van der Waals surface area contributed by atoms with Crippen LogP contribution < -0.4 is 5.73 Å². The Morgan fingerprint density at radius 1 is 1.22 bits per heavy atom. The van der Waals surface area contributed by atoms with E-state index >= 15 is 0 Å². The molecule has 4 rings (SSSR count). The first-order valence-electron chi connectivity index (χ1n) is 11.8. The first-order valence-corrected chi connectivity index (χ1v) is 13.3. The molecule has 0 heterocycles. The maximum atomic E-state index is 13.7. The molecule has 12 heteroatoms. The second-order valence-corrected chi connectivity index (χ2v) is 11.5. The highest BCUT2D eigenvalue weighted by Crippen LogP contribution is 2.55. The van der Waals surface area contributed by atoms with Crippen molar-refractivity contribution < 1.29 is 44.5 Å². The number of nitrogens with zero attached hydrogens (tertiary/aromatic N) is 1. The number of rotatable bonds is 6. The Balaban J connectivity index is 2.04. The van der Waals surface area contributed by atoms with Gasteiger partial charge in [0.15, 0.2) is 11.4 Å². The molecule has 1 aromatic rings. The Hall–Kier alpha value is -2.90. The molecule has 11 nitrogen and oxygen atoms in total. The molecular formula is C25H30N2O9S. The van der Waals surface area contributed by atoms with Crippen molar-refractivity contribution in [2.24, 2.45) is 17.6 Å². The van der Waals surface area contributed by atoms with Crippen LogP contribution in [0.4, 0.5) is 0 Å². The summed E-state index contributed by atoms with van der Waals surface area (Å²) in [6.07, 6.45) is -1.13. The summed E-state index contributed by atoms with van der Waals surface area (Å²) in [6.45, 7) is 1.84. The lowest BCUT2D eigenvalue weighted by molar-refractivity contribution is -0.162. The van der Waals surface area contributed by atoms with E-state index in [1.54, 1.807) is 6.07 Å². The largest absolute Gasteiger partial charge is 0.616 e. The fourth-order valence-corrected chi connectivity index (χ4v) is 7.52. The van der Waals surface area contributed by atoms with Gasteiger partial charge in [-0.05, 0) is 32.1 Å². The van der Waals surface area contributed by atoms with E-state index in [4.69, 9.17) is 5.73 Å². The quantitative estimate of drug-likeness (QED) is 0.209. The fraction of sp³-hybridized carbons (Fsp3) is 0.480. The summed E-state index contributed by atoms with van der Waals surface area (Å²) in [5, 5.41) is 56.3. The van der Waals surface area contributed by atoms with Gasteiger partial charge in [-0.2, -0.15) is 0 Å². The van der Waals surface area contributed by atoms with Gasteiger partial charge < -0.3 is 35.8 Å². The number of Topliss-reactive ketones (excluding diaryl/α,β-unsaturated/α-hetero) is 2. The number of nitrogens with two attached hydrogens (primary N) is 1. The Morgan fingerprint density at radius 3 is 2.43 bits per heavy atom. The smallest absolute Gasteiger partial charge is 0.255 e. The van der Waals surface area contributed by atoms with E-state index in [2.05, 4.69) is 0 Å². The van der Waals surface area contributed by atoms with Crippen LogP contribution in [0.3, 0.4) is 0 Å². The third-order valence-electron chi connectivity index (χ3n) is 7.60. The summed E-state index contributed by atoms with van der Waals surface area (Å²) in [7, 11) is 2.93. The average Bonchev–Trinajstić information content (AvgIpc) is 2.80. The van der Waals surface area contributed by atoms with Crippen LogP contribution in [-0.4, -0.2) is 95.8 Å². The lowest BCUT2D eigenvalue weighted by atomic mass is 9.55. The number of fused-ring (bicyclic) bond motifs is 3. The third kappa shape index (κ3) is 3.77.